The third kappa shape index (κ3) is 2.60. The Kier molecular flexibility index (Phi) is 3.18. The number of rotatable bonds is 4. The van der Waals surface area contributed by atoms with Crippen molar-refractivity contribution < 1.29 is 0 Å². The van der Waals surface area contributed by atoms with Crippen LogP contribution >= 0.6 is 0 Å². The number of benzene rings is 1. The lowest BCUT2D eigenvalue weighted by Crippen LogP contribution is -2.04. The Hall–Kier alpha value is -2.69. The number of pyridine rings is 1. The van der Waals surface area contributed by atoms with Crippen LogP contribution in [0.5, 0.6) is 0 Å². The first kappa shape index (κ1) is 11.4. The topological polar surface area (TPSA) is 55.6 Å². The third-order valence-corrected chi connectivity index (χ3v) is 2.80. The predicted octanol–water partition coefficient (Wildman–Crippen LogP) is 2.27. The van der Waals surface area contributed by atoms with Crippen LogP contribution in [0.25, 0.3) is 5.69 Å². The Morgan fingerprint density at radius 3 is 2.63 bits per heavy atom. The molecule has 3 rings (SSSR count). The van der Waals surface area contributed by atoms with E-state index in [1.165, 1.54) is 11.9 Å². The quantitative estimate of drug-likeness (QED) is 0.773. The first-order valence-electron chi connectivity index (χ1n) is 6.00. The van der Waals surface area contributed by atoms with Gasteiger partial charge in [-0.1, -0.05) is 12.1 Å². The Morgan fingerprint density at radius 2 is 1.84 bits per heavy atom. The van der Waals surface area contributed by atoms with Gasteiger partial charge in [-0.05, 0) is 29.8 Å². The molecule has 0 amide bonds. The van der Waals surface area contributed by atoms with E-state index in [2.05, 4.69) is 20.4 Å². The highest BCUT2D eigenvalue weighted by molar-refractivity contribution is 5.60. The molecule has 5 nitrogen and oxygen atoms in total. The number of aromatic nitrogens is 4. The highest BCUT2D eigenvalue weighted by Crippen LogP contribution is 2.19. The van der Waals surface area contributed by atoms with Gasteiger partial charge in [0.25, 0.3) is 0 Å². The van der Waals surface area contributed by atoms with Gasteiger partial charge in [-0.25, -0.2) is 9.67 Å². The van der Waals surface area contributed by atoms with E-state index in [9.17, 15) is 0 Å². The molecule has 19 heavy (non-hydrogen) atoms. The molecule has 0 saturated carbocycles. The summed E-state index contributed by atoms with van der Waals surface area (Å²) in [5, 5.41) is 7.56. The predicted molar refractivity (Wildman–Crippen MR) is 72.9 cm³/mol. The lowest BCUT2D eigenvalue weighted by molar-refractivity contribution is 0.877. The second kappa shape index (κ2) is 5.30. The van der Waals surface area contributed by atoms with Crippen molar-refractivity contribution in [1.82, 2.24) is 19.7 Å². The Balaban J connectivity index is 1.82. The van der Waals surface area contributed by atoms with Crippen LogP contribution in [0.2, 0.25) is 0 Å². The highest BCUT2D eigenvalue weighted by atomic mass is 15.3. The maximum Gasteiger partial charge on any atom is 0.138 e. The summed E-state index contributed by atoms with van der Waals surface area (Å²) in [6, 6.07) is 12.0. The monoisotopic (exact) mass is 251 g/mol. The molecule has 0 atom stereocenters. The summed E-state index contributed by atoms with van der Waals surface area (Å²) < 4.78 is 1.74. The fraction of sp³-hybridized carbons (Fsp3) is 0.0714. The second-order valence-electron chi connectivity index (χ2n) is 4.07. The van der Waals surface area contributed by atoms with E-state index in [0.717, 1.165) is 17.9 Å². The van der Waals surface area contributed by atoms with E-state index >= 15 is 0 Å². The summed E-state index contributed by atoms with van der Waals surface area (Å²) in [5.41, 5.74) is 3.18. The summed E-state index contributed by atoms with van der Waals surface area (Å²) in [5.74, 6) is 0. The zero-order valence-electron chi connectivity index (χ0n) is 10.3. The third-order valence-electron chi connectivity index (χ3n) is 2.80. The van der Waals surface area contributed by atoms with E-state index < -0.39 is 0 Å². The zero-order valence-corrected chi connectivity index (χ0v) is 10.3. The highest BCUT2D eigenvalue weighted by Gasteiger charge is 2.03. The van der Waals surface area contributed by atoms with Crippen LogP contribution in [0.15, 0.2) is 61.4 Å². The fourth-order valence-corrected chi connectivity index (χ4v) is 1.85. The van der Waals surface area contributed by atoms with Crippen LogP contribution in [0, 0.1) is 0 Å². The van der Waals surface area contributed by atoms with Gasteiger partial charge in [0.1, 0.15) is 12.7 Å². The van der Waals surface area contributed by atoms with E-state index in [-0.39, 0.29) is 0 Å². The zero-order chi connectivity index (χ0) is 12.9. The molecule has 0 aliphatic carbocycles. The molecule has 0 spiro atoms. The molecule has 1 N–H and O–H groups in total. The lowest BCUT2D eigenvalue weighted by Gasteiger charge is -2.11. The molecule has 1 aromatic carbocycles. The van der Waals surface area contributed by atoms with Gasteiger partial charge in [0, 0.05) is 18.9 Å². The number of para-hydroxylation sites is 2. The molecule has 0 aliphatic rings. The molecule has 0 fully saturated rings. The van der Waals surface area contributed by atoms with Crippen LogP contribution < -0.4 is 5.32 Å². The molecule has 0 saturated heterocycles. The molecule has 3 aromatic rings. The lowest BCUT2D eigenvalue weighted by atomic mass is 10.2. The van der Waals surface area contributed by atoms with Gasteiger partial charge in [-0.2, -0.15) is 5.10 Å². The number of anilines is 1. The normalized spacial score (nSPS) is 10.3. The van der Waals surface area contributed by atoms with Crippen molar-refractivity contribution in [3.8, 4) is 5.69 Å². The molecule has 0 aliphatic heterocycles. The van der Waals surface area contributed by atoms with Crippen molar-refractivity contribution in [3.63, 3.8) is 0 Å². The average Bonchev–Trinajstić information content (AvgIpc) is 3.01. The number of nitrogens with zero attached hydrogens (tertiary/aromatic N) is 4. The summed E-state index contributed by atoms with van der Waals surface area (Å²) in [4.78, 5) is 7.98. The Morgan fingerprint density at radius 1 is 1.00 bits per heavy atom. The maximum absolute atomic E-state index is 4.16. The molecular weight excluding hydrogens is 238 g/mol. The van der Waals surface area contributed by atoms with Crippen LogP contribution in [0.3, 0.4) is 0 Å². The Labute approximate surface area is 111 Å². The summed E-state index contributed by atoms with van der Waals surface area (Å²) in [6.45, 7) is 0.744. The van der Waals surface area contributed by atoms with Crippen molar-refractivity contribution in [2.45, 2.75) is 6.54 Å². The van der Waals surface area contributed by atoms with E-state index in [1.807, 2.05) is 36.4 Å². The van der Waals surface area contributed by atoms with Crippen molar-refractivity contribution in [2.24, 2.45) is 0 Å². The molecular formula is C14H13N5. The van der Waals surface area contributed by atoms with Gasteiger partial charge in [-0.15, -0.1) is 0 Å². The SMILES string of the molecule is c1ccc(-n2cncn2)c(NCc2ccncc2)c1. The fourth-order valence-electron chi connectivity index (χ4n) is 1.85. The largest absolute Gasteiger partial charge is 0.379 e. The van der Waals surface area contributed by atoms with Crippen LogP contribution in [0.1, 0.15) is 5.56 Å². The first-order chi connectivity index (χ1) is 9.43. The first-order valence-corrected chi connectivity index (χ1v) is 6.00. The van der Waals surface area contributed by atoms with Crippen molar-refractivity contribution in [3.05, 3.63) is 67.0 Å². The number of hydrogen-bond donors (Lipinski definition) is 1. The van der Waals surface area contributed by atoms with Crippen molar-refractivity contribution in [2.75, 3.05) is 5.32 Å². The standard InChI is InChI=1S/C14H13N5/c1-2-4-14(19-11-16-10-18-19)13(3-1)17-9-12-5-7-15-8-6-12/h1-8,10-11,17H,9H2. The smallest absolute Gasteiger partial charge is 0.138 e. The molecule has 94 valence electrons. The van der Waals surface area contributed by atoms with Crippen molar-refractivity contribution >= 4 is 5.69 Å². The molecule has 2 heterocycles. The van der Waals surface area contributed by atoms with Crippen LogP contribution in [-0.4, -0.2) is 19.7 Å². The number of nitrogens with one attached hydrogen (secondary N) is 1. The minimum atomic E-state index is 0.744. The minimum absolute atomic E-state index is 0.744. The van der Waals surface area contributed by atoms with Gasteiger partial charge in [-0.3, -0.25) is 4.98 Å². The van der Waals surface area contributed by atoms with Gasteiger partial charge < -0.3 is 5.32 Å². The molecule has 5 heteroatoms. The van der Waals surface area contributed by atoms with Gasteiger partial charge in [0.15, 0.2) is 0 Å². The summed E-state index contributed by atoms with van der Waals surface area (Å²) >= 11 is 0. The maximum atomic E-state index is 4.16. The molecule has 0 unspecified atom stereocenters. The van der Waals surface area contributed by atoms with Crippen LogP contribution in [-0.2, 0) is 6.54 Å². The van der Waals surface area contributed by atoms with E-state index in [4.69, 9.17) is 0 Å². The van der Waals surface area contributed by atoms with E-state index in [0.29, 0.717) is 0 Å². The molecule has 2 aromatic heterocycles. The van der Waals surface area contributed by atoms with Gasteiger partial charge in [0.05, 0.1) is 11.4 Å². The molecule has 0 radical (unpaired) electrons. The Bertz CT molecular complexity index is 634. The van der Waals surface area contributed by atoms with Crippen molar-refractivity contribution in [1.29, 1.82) is 0 Å². The van der Waals surface area contributed by atoms with Gasteiger partial charge in [0.2, 0.25) is 0 Å². The summed E-state index contributed by atoms with van der Waals surface area (Å²) in [7, 11) is 0. The second-order valence-corrected chi connectivity index (χ2v) is 4.07. The average molecular weight is 251 g/mol. The summed E-state index contributed by atoms with van der Waals surface area (Å²) in [6.07, 6.45) is 6.80. The van der Waals surface area contributed by atoms with Crippen LogP contribution in [0.4, 0.5) is 5.69 Å². The molecule has 0 bridgehead atoms. The van der Waals surface area contributed by atoms with E-state index in [1.54, 1.807) is 23.4 Å². The van der Waals surface area contributed by atoms with Gasteiger partial charge >= 0.3 is 0 Å². The minimum Gasteiger partial charge on any atom is -0.379 e. The number of hydrogen-bond acceptors (Lipinski definition) is 4.